The predicted molar refractivity (Wildman–Crippen MR) is 99.3 cm³/mol. The van der Waals surface area contributed by atoms with Crippen LogP contribution in [0.4, 0.5) is 0 Å². The molecule has 0 unspecified atom stereocenters. The Morgan fingerprint density at radius 2 is 1.46 bits per heavy atom. The van der Waals surface area contributed by atoms with Crippen LogP contribution in [0.5, 0.6) is 0 Å². The third-order valence-corrected chi connectivity index (χ3v) is 6.57. The quantitative estimate of drug-likeness (QED) is 0.893. The van der Waals surface area contributed by atoms with Crippen LogP contribution in [0.25, 0.3) is 0 Å². The predicted octanol–water partition coefficient (Wildman–Crippen LogP) is 3.45. The Labute approximate surface area is 153 Å². The van der Waals surface area contributed by atoms with Crippen molar-refractivity contribution < 1.29 is 18.3 Å². The van der Waals surface area contributed by atoms with Crippen LogP contribution in [-0.2, 0) is 14.8 Å². The first-order chi connectivity index (χ1) is 12.2. The molecule has 0 aromatic heterocycles. The van der Waals surface area contributed by atoms with Crippen LogP contribution in [0.3, 0.4) is 0 Å². The SMILES string of the molecule is Cc1ccc([C@H]2C(C(=O)O)=C[C@@H](C)N2S(=O)(=O)c2ccc(C)cc2)cc1. The van der Waals surface area contributed by atoms with Crippen LogP contribution < -0.4 is 0 Å². The first kappa shape index (κ1) is 18.4. The highest BCUT2D eigenvalue weighted by Gasteiger charge is 2.44. The molecule has 0 saturated heterocycles. The average Bonchev–Trinajstić information content (AvgIpc) is 2.94. The van der Waals surface area contributed by atoms with Crippen molar-refractivity contribution in [3.05, 3.63) is 76.9 Å². The Morgan fingerprint density at radius 1 is 0.962 bits per heavy atom. The van der Waals surface area contributed by atoms with Crippen molar-refractivity contribution >= 4 is 16.0 Å². The van der Waals surface area contributed by atoms with Crippen LogP contribution in [-0.4, -0.2) is 29.8 Å². The Balaban J connectivity index is 2.13. The van der Waals surface area contributed by atoms with Gasteiger partial charge in [-0.1, -0.05) is 53.6 Å². The van der Waals surface area contributed by atoms with Gasteiger partial charge in [-0.05, 0) is 38.5 Å². The lowest BCUT2D eigenvalue weighted by Crippen LogP contribution is -2.37. The molecule has 1 aliphatic rings. The fourth-order valence-corrected chi connectivity index (χ4v) is 4.98. The van der Waals surface area contributed by atoms with Crippen LogP contribution >= 0.6 is 0 Å². The Hall–Kier alpha value is -2.44. The van der Waals surface area contributed by atoms with Gasteiger partial charge < -0.3 is 5.11 Å². The van der Waals surface area contributed by atoms with E-state index in [0.717, 1.165) is 11.1 Å². The topological polar surface area (TPSA) is 74.7 Å². The van der Waals surface area contributed by atoms with Crippen LogP contribution in [0.15, 0.2) is 65.1 Å². The van der Waals surface area contributed by atoms with E-state index in [1.54, 1.807) is 43.3 Å². The molecule has 136 valence electrons. The normalized spacial score (nSPS) is 20.8. The summed E-state index contributed by atoms with van der Waals surface area (Å²) in [4.78, 5) is 11.9. The zero-order valence-electron chi connectivity index (χ0n) is 14.9. The van der Waals surface area contributed by atoms with E-state index in [4.69, 9.17) is 0 Å². The van der Waals surface area contributed by atoms with E-state index in [1.807, 2.05) is 26.0 Å². The number of nitrogens with zero attached hydrogens (tertiary/aromatic N) is 1. The molecule has 1 aliphatic heterocycles. The molecule has 5 nitrogen and oxygen atoms in total. The second kappa shape index (κ2) is 6.70. The smallest absolute Gasteiger partial charge is 0.333 e. The minimum atomic E-state index is -3.86. The van der Waals surface area contributed by atoms with E-state index < -0.39 is 28.1 Å². The van der Waals surface area contributed by atoms with Gasteiger partial charge in [0.05, 0.1) is 16.5 Å². The van der Waals surface area contributed by atoms with Crippen molar-refractivity contribution in [3.63, 3.8) is 0 Å². The maximum absolute atomic E-state index is 13.3. The lowest BCUT2D eigenvalue weighted by molar-refractivity contribution is -0.133. The fraction of sp³-hybridized carbons (Fsp3) is 0.250. The molecule has 2 aromatic rings. The monoisotopic (exact) mass is 371 g/mol. The molecule has 2 aromatic carbocycles. The summed E-state index contributed by atoms with van der Waals surface area (Å²) in [6.45, 7) is 5.51. The van der Waals surface area contributed by atoms with Crippen molar-refractivity contribution in [2.75, 3.05) is 0 Å². The summed E-state index contributed by atoms with van der Waals surface area (Å²) < 4.78 is 27.8. The number of hydrogen-bond acceptors (Lipinski definition) is 3. The van der Waals surface area contributed by atoms with E-state index >= 15 is 0 Å². The molecule has 6 heteroatoms. The Kier molecular flexibility index (Phi) is 4.73. The number of carboxylic acid groups (broad SMARTS) is 1. The highest BCUT2D eigenvalue weighted by Crippen LogP contribution is 2.40. The van der Waals surface area contributed by atoms with E-state index in [2.05, 4.69) is 0 Å². The van der Waals surface area contributed by atoms with Gasteiger partial charge in [-0.3, -0.25) is 0 Å². The van der Waals surface area contributed by atoms with Crippen molar-refractivity contribution in [2.24, 2.45) is 0 Å². The lowest BCUT2D eigenvalue weighted by Gasteiger charge is -2.29. The largest absolute Gasteiger partial charge is 0.478 e. The van der Waals surface area contributed by atoms with Gasteiger partial charge in [0.2, 0.25) is 10.0 Å². The van der Waals surface area contributed by atoms with Gasteiger partial charge in [-0.25, -0.2) is 13.2 Å². The molecule has 1 heterocycles. The van der Waals surface area contributed by atoms with E-state index in [9.17, 15) is 18.3 Å². The number of hydrogen-bond donors (Lipinski definition) is 1. The highest BCUT2D eigenvalue weighted by molar-refractivity contribution is 7.89. The molecule has 26 heavy (non-hydrogen) atoms. The summed E-state index contributed by atoms with van der Waals surface area (Å²) in [5.74, 6) is -1.11. The van der Waals surface area contributed by atoms with Gasteiger partial charge in [-0.2, -0.15) is 4.31 Å². The number of aliphatic carboxylic acids is 1. The van der Waals surface area contributed by atoms with Gasteiger partial charge in [0.15, 0.2) is 0 Å². The maximum atomic E-state index is 13.3. The molecule has 0 radical (unpaired) electrons. The number of aryl methyl sites for hydroxylation is 2. The molecule has 0 fully saturated rings. The lowest BCUT2D eigenvalue weighted by atomic mass is 10.00. The Bertz CT molecular complexity index is 960. The molecule has 0 bridgehead atoms. The molecule has 0 aliphatic carbocycles. The van der Waals surface area contributed by atoms with Gasteiger partial charge in [0.1, 0.15) is 0 Å². The van der Waals surface area contributed by atoms with Crippen molar-refractivity contribution in [1.82, 2.24) is 4.31 Å². The number of benzene rings is 2. The van der Waals surface area contributed by atoms with E-state index in [1.165, 1.54) is 10.4 Å². The molecule has 0 saturated carbocycles. The first-order valence-electron chi connectivity index (χ1n) is 8.33. The number of carbonyl (C=O) groups is 1. The van der Waals surface area contributed by atoms with Gasteiger partial charge >= 0.3 is 5.97 Å². The summed E-state index contributed by atoms with van der Waals surface area (Å²) in [7, 11) is -3.86. The van der Waals surface area contributed by atoms with Gasteiger partial charge in [0.25, 0.3) is 0 Å². The number of sulfonamides is 1. The zero-order valence-corrected chi connectivity index (χ0v) is 15.7. The van der Waals surface area contributed by atoms with Crippen LogP contribution in [0, 0.1) is 13.8 Å². The maximum Gasteiger partial charge on any atom is 0.333 e. The van der Waals surface area contributed by atoms with E-state index in [0.29, 0.717) is 5.56 Å². The summed E-state index contributed by atoms with van der Waals surface area (Å²) >= 11 is 0. The van der Waals surface area contributed by atoms with Gasteiger partial charge in [-0.15, -0.1) is 0 Å². The summed E-state index contributed by atoms with van der Waals surface area (Å²) in [6, 6.07) is 12.5. The van der Waals surface area contributed by atoms with Crippen molar-refractivity contribution in [3.8, 4) is 0 Å². The highest BCUT2D eigenvalue weighted by atomic mass is 32.2. The Morgan fingerprint density at radius 3 is 1.96 bits per heavy atom. The average molecular weight is 371 g/mol. The van der Waals surface area contributed by atoms with Crippen molar-refractivity contribution in [2.45, 2.75) is 37.8 Å². The minimum absolute atomic E-state index is 0.0806. The molecule has 3 rings (SSSR count). The zero-order chi connectivity index (χ0) is 19.1. The number of rotatable bonds is 4. The summed E-state index contributed by atoms with van der Waals surface area (Å²) in [5.41, 5.74) is 2.70. The molecule has 0 spiro atoms. The summed E-state index contributed by atoms with van der Waals surface area (Å²) in [5, 5.41) is 9.62. The third-order valence-electron chi connectivity index (χ3n) is 4.61. The van der Waals surface area contributed by atoms with Crippen molar-refractivity contribution in [1.29, 1.82) is 0 Å². The molecular weight excluding hydrogens is 350 g/mol. The molecule has 0 amide bonds. The molecule has 2 atom stereocenters. The second-order valence-electron chi connectivity index (χ2n) is 6.63. The van der Waals surface area contributed by atoms with E-state index in [-0.39, 0.29) is 10.5 Å². The molecule has 1 N–H and O–H groups in total. The minimum Gasteiger partial charge on any atom is -0.478 e. The second-order valence-corrected chi connectivity index (χ2v) is 8.47. The van der Waals surface area contributed by atoms with Gasteiger partial charge in [0, 0.05) is 6.04 Å². The standard InChI is InChI=1S/C20H21NO4S/c1-13-4-8-16(9-5-13)19-18(20(22)23)12-15(3)21(19)26(24,25)17-10-6-14(2)7-11-17/h4-12,15,19H,1-3H3,(H,22,23)/t15-,19+/m1/s1. The third kappa shape index (κ3) is 3.18. The molecular formula is C20H21NO4S. The first-order valence-corrected chi connectivity index (χ1v) is 9.77. The van der Waals surface area contributed by atoms with Crippen LogP contribution in [0.2, 0.25) is 0 Å². The summed E-state index contributed by atoms with van der Waals surface area (Å²) in [6.07, 6.45) is 1.51. The number of carboxylic acids is 1. The fourth-order valence-electron chi connectivity index (χ4n) is 3.25. The van der Waals surface area contributed by atoms with Crippen LogP contribution in [0.1, 0.15) is 29.7 Å².